The fourth-order valence-electron chi connectivity index (χ4n) is 3.37. The second-order valence-corrected chi connectivity index (χ2v) is 10.2. The summed E-state index contributed by atoms with van der Waals surface area (Å²) in [6.07, 6.45) is 3.94. The van der Waals surface area contributed by atoms with Gasteiger partial charge in [-0.15, -0.1) is 11.3 Å². The molecule has 3 amide bonds. The van der Waals surface area contributed by atoms with Gasteiger partial charge in [-0.2, -0.15) is 0 Å². The average Bonchev–Trinajstić information content (AvgIpc) is 3.05. The van der Waals surface area contributed by atoms with Crippen LogP contribution < -0.4 is 16.4 Å². The number of ether oxygens (including phenoxy) is 1. The minimum Gasteiger partial charge on any atom is -0.444 e. The number of nitrogens with zero attached hydrogens (tertiary/aromatic N) is 2. The van der Waals surface area contributed by atoms with E-state index in [2.05, 4.69) is 15.6 Å². The van der Waals surface area contributed by atoms with E-state index in [1.165, 1.54) is 11.3 Å². The number of carbonyl (C=O) groups is 3. The minimum absolute atomic E-state index is 0.0356. The summed E-state index contributed by atoms with van der Waals surface area (Å²) < 4.78 is 5.18. The predicted octanol–water partition coefficient (Wildman–Crippen LogP) is 3.82. The van der Waals surface area contributed by atoms with Gasteiger partial charge in [0.25, 0.3) is 5.91 Å². The SMILES string of the molecule is CCCN(CCC)C(=O)C1=Cc2sc(C(=O)NCCCNC(=O)OC(C)(C)C)cc2N=C(N)C1. The van der Waals surface area contributed by atoms with Gasteiger partial charge in [0.15, 0.2) is 0 Å². The highest BCUT2D eigenvalue weighted by atomic mass is 32.1. The maximum Gasteiger partial charge on any atom is 0.407 e. The lowest BCUT2D eigenvalue weighted by molar-refractivity contribution is -0.127. The van der Waals surface area contributed by atoms with Gasteiger partial charge < -0.3 is 26.0 Å². The number of amides is 3. The number of carbonyl (C=O) groups excluding carboxylic acids is 3. The Bertz CT molecular complexity index is 940. The van der Waals surface area contributed by atoms with Crippen molar-refractivity contribution in [2.24, 2.45) is 10.7 Å². The maximum absolute atomic E-state index is 13.1. The van der Waals surface area contributed by atoms with E-state index in [1.807, 2.05) is 24.8 Å². The molecule has 4 N–H and O–H groups in total. The topological polar surface area (TPSA) is 126 Å². The fraction of sp³-hybridized carbons (Fsp3) is 0.583. The Morgan fingerprint density at radius 2 is 1.79 bits per heavy atom. The van der Waals surface area contributed by atoms with Crippen molar-refractivity contribution < 1.29 is 19.1 Å². The molecule has 0 spiro atoms. The number of nitrogens with two attached hydrogens (primary N) is 1. The van der Waals surface area contributed by atoms with Crippen molar-refractivity contribution in [3.8, 4) is 0 Å². The number of rotatable bonds is 10. The fourth-order valence-corrected chi connectivity index (χ4v) is 4.36. The van der Waals surface area contributed by atoms with Gasteiger partial charge in [-0.25, -0.2) is 9.79 Å². The first-order chi connectivity index (χ1) is 16.0. The first kappa shape index (κ1) is 27.4. The third-order valence-corrected chi connectivity index (χ3v) is 5.83. The van der Waals surface area contributed by atoms with E-state index in [-0.39, 0.29) is 18.2 Å². The van der Waals surface area contributed by atoms with Gasteiger partial charge in [-0.1, -0.05) is 13.8 Å². The Balaban J connectivity index is 1.99. The number of fused-ring (bicyclic) bond motifs is 1. The van der Waals surface area contributed by atoms with Crippen LogP contribution in [0, 0.1) is 0 Å². The number of nitrogens with one attached hydrogen (secondary N) is 2. The van der Waals surface area contributed by atoms with Crippen LogP contribution in [0.25, 0.3) is 6.08 Å². The van der Waals surface area contributed by atoms with Crippen LogP contribution in [0.2, 0.25) is 0 Å². The highest BCUT2D eigenvalue weighted by Crippen LogP contribution is 2.34. The number of hydrogen-bond donors (Lipinski definition) is 3. The van der Waals surface area contributed by atoms with E-state index in [9.17, 15) is 14.4 Å². The molecule has 0 aromatic carbocycles. The van der Waals surface area contributed by atoms with E-state index in [4.69, 9.17) is 10.5 Å². The van der Waals surface area contributed by atoms with Gasteiger partial charge in [0.1, 0.15) is 11.4 Å². The van der Waals surface area contributed by atoms with E-state index in [0.29, 0.717) is 54.6 Å². The predicted molar refractivity (Wildman–Crippen MR) is 137 cm³/mol. The van der Waals surface area contributed by atoms with Crippen molar-refractivity contribution >= 4 is 46.8 Å². The zero-order chi connectivity index (χ0) is 25.3. The van der Waals surface area contributed by atoms with Crippen molar-refractivity contribution in [1.82, 2.24) is 15.5 Å². The standard InChI is InChI=1S/C24H37N5O4S/c1-6-11-29(12-7-2)22(31)16-13-18-17(28-20(25)14-16)15-19(34-18)21(30)26-9-8-10-27-23(32)33-24(3,4)5/h13,15H,6-12,14H2,1-5H3,(H2,25,28)(H,26,30)(H,27,32). The molecular formula is C24H37N5O4S. The number of aliphatic imine (C=N–C) groups is 1. The molecule has 0 bridgehead atoms. The van der Waals surface area contributed by atoms with Crippen LogP contribution in [0.1, 0.15) is 74.9 Å². The van der Waals surface area contributed by atoms with E-state index in [1.54, 1.807) is 26.8 Å². The Kier molecular flexibility index (Phi) is 10.1. The summed E-state index contributed by atoms with van der Waals surface area (Å²) >= 11 is 1.28. The normalized spacial score (nSPS) is 13.2. The molecule has 0 unspecified atom stereocenters. The molecule has 0 saturated carbocycles. The molecule has 0 atom stereocenters. The minimum atomic E-state index is -0.551. The molecule has 188 valence electrons. The lowest BCUT2D eigenvalue weighted by Gasteiger charge is -2.22. The molecule has 1 aromatic rings. The molecule has 1 aliphatic rings. The highest BCUT2D eigenvalue weighted by molar-refractivity contribution is 7.15. The van der Waals surface area contributed by atoms with Gasteiger partial charge in [-0.3, -0.25) is 9.59 Å². The summed E-state index contributed by atoms with van der Waals surface area (Å²) in [5, 5.41) is 5.51. The summed E-state index contributed by atoms with van der Waals surface area (Å²) in [6, 6.07) is 1.70. The lowest BCUT2D eigenvalue weighted by atomic mass is 10.1. The molecule has 2 heterocycles. The highest BCUT2D eigenvalue weighted by Gasteiger charge is 2.23. The average molecular weight is 492 g/mol. The van der Waals surface area contributed by atoms with Gasteiger partial charge in [0.2, 0.25) is 5.91 Å². The molecule has 9 nitrogen and oxygen atoms in total. The van der Waals surface area contributed by atoms with Crippen LogP contribution >= 0.6 is 11.3 Å². The van der Waals surface area contributed by atoms with Crippen LogP contribution in [0.3, 0.4) is 0 Å². The first-order valence-corrected chi connectivity index (χ1v) is 12.6. The van der Waals surface area contributed by atoms with Crippen LogP contribution in [0.15, 0.2) is 16.6 Å². The summed E-state index contributed by atoms with van der Waals surface area (Å²) in [5.41, 5.74) is 6.72. The Morgan fingerprint density at radius 3 is 2.41 bits per heavy atom. The second-order valence-electron chi connectivity index (χ2n) is 9.14. The zero-order valence-corrected chi connectivity index (χ0v) is 21.6. The first-order valence-electron chi connectivity index (χ1n) is 11.8. The molecule has 0 saturated heterocycles. The zero-order valence-electron chi connectivity index (χ0n) is 20.8. The molecule has 1 aromatic heterocycles. The number of alkyl carbamates (subject to hydrolysis) is 1. The Morgan fingerprint density at radius 1 is 1.15 bits per heavy atom. The second kappa shape index (κ2) is 12.5. The molecule has 0 aliphatic carbocycles. The molecule has 2 rings (SSSR count). The molecule has 0 radical (unpaired) electrons. The molecule has 0 fully saturated rings. The maximum atomic E-state index is 13.1. The molecular weight excluding hydrogens is 454 g/mol. The molecule has 10 heteroatoms. The van der Waals surface area contributed by atoms with Crippen LogP contribution in [-0.4, -0.2) is 60.4 Å². The number of hydrogen-bond acceptors (Lipinski definition) is 7. The summed E-state index contributed by atoms with van der Waals surface area (Å²) in [7, 11) is 0. The third-order valence-electron chi connectivity index (χ3n) is 4.76. The van der Waals surface area contributed by atoms with Crippen molar-refractivity contribution in [3.63, 3.8) is 0 Å². The third kappa shape index (κ3) is 8.48. The van der Waals surface area contributed by atoms with Crippen molar-refractivity contribution in [3.05, 3.63) is 21.4 Å². The number of amidine groups is 1. The Labute approximate surface area is 205 Å². The van der Waals surface area contributed by atoms with Gasteiger partial charge in [0, 0.05) is 38.2 Å². The summed E-state index contributed by atoms with van der Waals surface area (Å²) in [4.78, 5) is 44.9. The van der Waals surface area contributed by atoms with Gasteiger partial charge in [0.05, 0.1) is 15.4 Å². The van der Waals surface area contributed by atoms with Crippen molar-refractivity contribution in [2.75, 3.05) is 26.2 Å². The summed E-state index contributed by atoms with van der Waals surface area (Å²) in [5.74, 6) is 0.0832. The summed E-state index contributed by atoms with van der Waals surface area (Å²) in [6.45, 7) is 11.6. The van der Waals surface area contributed by atoms with Crippen LogP contribution in [0.5, 0.6) is 0 Å². The van der Waals surface area contributed by atoms with Gasteiger partial charge >= 0.3 is 6.09 Å². The smallest absolute Gasteiger partial charge is 0.407 e. The quantitative estimate of drug-likeness (QED) is 0.429. The lowest BCUT2D eigenvalue weighted by Crippen LogP contribution is -2.34. The molecule has 1 aliphatic heterocycles. The number of thiophene rings is 1. The van der Waals surface area contributed by atoms with E-state index < -0.39 is 11.7 Å². The van der Waals surface area contributed by atoms with E-state index in [0.717, 1.165) is 17.7 Å². The van der Waals surface area contributed by atoms with Gasteiger partial charge in [-0.05, 0) is 52.2 Å². The van der Waals surface area contributed by atoms with Crippen LogP contribution in [0.4, 0.5) is 10.5 Å². The monoisotopic (exact) mass is 491 g/mol. The largest absolute Gasteiger partial charge is 0.444 e. The van der Waals surface area contributed by atoms with Crippen molar-refractivity contribution in [1.29, 1.82) is 0 Å². The van der Waals surface area contributed by atoms with Crippen molar-refractivity contribution in [2.45, 2.75) is 65.9 Å². The van der Waals surface area contributed by atoms with Crippen LogP contribution in [-0.2, 0) is 9.53 Å². The Hall–Kier alpha value is -2.88. The molecule has 34 heavy (non-hydrogen) atoms. The van der Waals surface area contributed by atoms with E-state index >= 15 is 0 Å².